The van der Waals surface area contributed by atoms with E-state index in [2.05, 4.69) is 13.8 Å². The molecule has 4 aliphatic rings. The van der Waals surface area contributed by atoms with Crippen LogP contribution in [-0.4, -0.2) is 21.9 Å². The van der Waals surface area contributed by atoms with Crippen molar-refractivity contribution in [3.63, 3.8) is 0 Å². The Kier molecular flexibility index (Phi) is 2.17. The summed E-state index contributed by atoms with van der Waals surface area (Å²) in [7, 11) is 0. The molecule has 0 radical (unpaired) electrons. The van der Waals surface area contributed by atoms with E-state index in [1.54, 1.807) is 13.8 Å². The first kappa shape index (κ1) is 12.0. The van der Waals surface area contributed by atoms with Crippen molar-refractivity contribution < 1.29 is 10.2 Å². The molecule has 4 saturated carbocycles. The van der Waals surface area contributed by atoms with E-state index in [-0.39, 0.29) is 0 Å². The van der Waals surface area contributed by atoms with Crippen molar-refractivity contribution in [3.8, 4) is 0 Å². The van der Waals surface area contributed by atoms with Crippen LogP contribution >= 0.6 is 0 Å². The van der Waals surface area contributed by atoms with Gasteiger partial charge in [-0.1, -0.05) is 13.8 Å². The van der Waals surface area contributed by atoms with E-state index in [4.69, 9.17) is 0 Å². The maximum absolute atomic E-state index is 9.99. The van der Waals surface area contributed by atoms with Gasteiger partial charge in [-0.15, -0.1) is 0 Å². The highest BCUT2D eigenvalue weighted by Crippen LogP contribution is 2.87. The van der Waals surface area contributed by atoms with Gasteiger partial charge in [-0.05, 0) is 68.1 Å². The van der Waals surface area contributed by atoms with Crippen molar-refractivity contribution in [3.05, 3.63) is 0 Å². The summed E-state index contributed by atoms with van der Waals surface area (Å²) in [6.07, 6.45) is 4.09. The van der Waals surface area contributed by atoms with Gasteiger partial charge in [-0.25, -0.2) is 0 Å². The fourth-order valence-corrected chi connectivity index (χ4v) is 5.30. The maximum Gasteiger partial charge on any atom is 0.0849 e. The SMILES string of the molecule is CC(C)(O)[C@H](O)CCC1(C)C2CC3C(C2)C31C. The smallest absolute Gasteiger partial charge is 0.0849 e. The zero-order valence-corrected chi connectivity index (χ0v) is 11.5. The molecule has 17 heavy (non-hydrogen) atoms. The van der Waals surface area contributed by atoms with Gasteiger partial charge < -0.3 is 10.2 Å². The summed E-state index contributed by atoms with van der Waals surface area (Å²) < 4.78 is 0. The van der Waals surface area contributed by atoms with Crippen LogP contribution in [0.15, 0.2) is 0 Å². The number of aliphatic hydroxyl groups excluding tert-OH is 1. The van der Waals surface area contributed by atoms with Gasteiger partial charge in [0, 0.05) is 0 Å². The average Bonchev–Trinajstić information content (AvgIpc) is 2.58. The van der Waals surface area contributed by atoms with Crippen molar-refractivity contribution in [1.29, 1.82) is 0 Å². The zero-order chi connectivity index (χ0) is 12.6. The quantitative estimate of drug-likeness (QED) is 0.790. The Balaban J connectivity index is 1.67. The summed E-state index contributed by atoms with van der Waals surface area (Å²) in [5, 5.41) is 19.8. The minimum absolute atomic E-state index is 0.425. The van der Waals surface area contributed by atoms with Gasteiger partial charge in [0.15, 0.2) is 0 Å². The van der Waals surface area contributed by atoms with Gasteiger partial charge in [-0.2, -0.15) is 0 Å². The predicted molar refractivity (Wildman–Crippen MR) is 67.5 cm³/mol. The standard InChI is InChI=1S/C15H26O2/c1-13(2,17)12(16)5-6-14(3)9-7-10-11(8-9)15(10,14)4/h9-12,16-17H,5-8H2,1-4H3/t9?,10?,11?,12-,14?,15?/m1/s1. The molecule has 0 saturated heterocycles. The van der Waals surface area contributed by atoms with Crippen molar-refractivity contribution >= 4 is 0 Å². The molecule has 98 valence electrons. The molecule has 4 atom stereocenters. The lowest BCUT2D eigenvalue weighted by atomic mass is 9.70. The molecule has 3 unspecified atom stereocenters. The highest BCUT2D eigenvalue weighted by molar-refractivity contribution is 5.28. The molecule has 0 aromatic rings. The summed E-state index contributed by atoms with van der Waals surface area (Å²) >= 11 is 0. The number of rotatable bonds is 4. The minimum atomic E-state index is -0.957. The number of hydrogen-bond acceptors (Lipinski definition) is 2. The van der Waals surface area contributed by atoms with E-state index < -0.39 is 11.7 Å². The summed E-state index contributed by atoms with van der Waals surface area (Å²) in [6, 6.07) is 0. The summed E-state index contributed by atoms with van der Waals surface area (Å²) in [6.45, 7) is 8.31. The van der Waals surface area contributed by atoms with Crippen LogP contribution in [0.3, 0.4) is 0 Å². The maximum atomic E-state index is 9.99. The topological polar surface area (TPSA) is 40.5 Å². The Hall–Kier alpha value is -0.0800. The van der Waals surface area contributed by atoms with Crippen molar-refractivity contribution in [2.24, 2.45) is 28.6 Å². The van der Waals surface area contributed by atoms with Gasteiger partial charge in [0.25, 0.3) is 0 Å². The van der Waals surface area contributed by atoms with E-state index in [9.17, 15) is 10.2 Å². The number of hydrogen-bond donors (Lipinski definition) is 2. The molecule has 4 aliphatic carbocycles. The van der Waals surface area contributed by atoms with Gasteiger partial charge >= 0.3 is 0 Å². The Bertz CT molecular complexity index is 331. The van der Waals surface area contributed by atoms with Crippen molar-refractivity contribution in [1.82, 2.24) is 0 Å². The molecule has 0 amide bonds. The molecular formula is C15H26O2. The third kappa shape index (κ3) is 1.29. The second kappa shape index (κ2) is 3.08. The molecule has 0 aromatic carbocycles. The monoisotopic (exact) mass is 238 g/mol. The van der Waals surface area contributed by atoms with E-state index in [0.29, 0.717) is 10.8 Å². The molecular weight excluding hydrogens is 212 g/mol. The third-order valence-corrected chi connectivity index (χ3v) is 6.88. The van der Waals surface area contributed by atoms with Crippen LogP contribution in [0.2, 0.25) is 0 Å². The van der Waals surface area contributed by atoms with E-state index in [0.717, 1.165) is 30.6 Å². The van der Waals surface area contributed by atoms with Gasteiger partial charge in [-0.3, -0.25) is 0 Å². The lowest BCUT2D eigenvalue weighted by molar-refractivity contribution is -0.0591. The second-order valence-corrected chi connectivity index (χ2v) is 7.79. The molecule has 0 aromatic heterocycles. The molecule has 2 nitrogen and oxygen atoms in total. The first-order chi connectivity index (χ1) is 7.71. The highest BCUT2D eigenvalue weighted by Gasteiger charge is 2.80. The summed E-state index contributed by atoms with van der Waals surface area (Å²) in [5.41, 5.74) is 0.0350. The molecule has 4 bridgehead atoms. The fraction of sp³-hybridized carbons (Fsp3) is 1.00. The summed E-state index contributed by atoms with van der Waals surface area (Å²) in [4.78, 5) is 0. The normalized spacial score (nSPS) is 52.9. The van der Waals surface area contributed by atoms with Crippen LogP contribution < -0.4 is 0 Å². The molecule has 2 heteroatoms. The van der Waals surface area contributed by atoms with Gasteiger partial charge in [0.1, 0.15) is 0 Å². The molecule has 4 fully saturated rings. The van der Waals surface area contributed by atoms with E-state index >= 15 is 0 Å². The lowest BCUT2D eigenvalue weighted by Gasteiger charge is -2.36. The average molecular weight is 238 g/mol. The molecule has 0 spiro atoms. The second-order valence-electron chi connectivity index (χ2n) is 7.79. The van der Waals surface area contributed by atoms with Crippen molar-refractivity contribution in [2.45, 2.75) is 65.1 Å². The molecule has 2 N–H and O–H groups in total. The summed E-state index contributed by atoms with van der Waals surface area (Å²) in [5.74, 6) is 2.85. The molecule has 0 aliphatic heterocycles. The van der Waals surface area contributed by atoms with Gasteiger partial charge in [0.2, 0.25) is 0 Å². The fourth-order valence-electron chi connectivity index (χ4n) is 5.30. The lowest BCUT2D eigenvalue weighted by Crippen LogP contribution is -2.38. The number of aliphatic hydroxyl groups is 2. The highest BCUT2D eigenvalue weighted by atomic mass is 16.3. The van der Waals surface area contributed by atoms with Crippen LogP contribution in [0.4, 0.5) is 0 Å². The van der Waals surface area contributed by atoms with Crippen LogP contribution in [0, 0.1) is 28.6 Å². The van der Waals surface area contributed by atoms with E-state index in [1.807, 2.05) is 0 Å². The minimum Gasteiger partial charge on any atom is -0.390 e. The first-order valence-electron chi connectivity index (χ1n) is 7.11. The Morgan fingerprint density at radius 2 is 1.76 bits per heavy atom. The zero-order valence-electron chi connectivity index (χ0n) is 11.5. The van der Waals surface area contributed by atoms with Gasteiger partial charge in [0.05, 0.1) is 11.7 Å². The Morgan fingerprint density at radius 3 is 2.12 bits per heavy atom. The van der Waals surface area contributed by atoms with E-state index in [1.165, 1.54) is 12.8 Å². The van der Waals surface area contributed by atoms with Crippen LogP contribution in [0.5, 0.6) is 0 Å². The first-order valence-corrected chi connectivity index (χ1v) is 7.11. The largest absolute Gasteiger partial charge is 0.390 e. The predicted octanol–water partition coefficient (Wildman–Crippen LogP) is 2.58. The molecule has 0 heterocycles. The van der Waals surface area contributed by atoms with Crippen LogP contribution in [-0.2, 0) is 0 Å². The molecule has 4 rings (SSSR count). The third-order valence-electron chi connectivity index (χ3n) is 6.88. The van der Waals surface area contributed by atoms with Crippen LogP contribution in [0.25, 0.3) is 0 Å². The Labute approximate surface area is 104 Å². The Morgan fingerprint density at radius 1 is 1.24 bits per heavy atom. The van der Waals surface area contributed by atoms with Crippen molar-refractivity contribution in [2.75, 3.05) is 0 Å². The van der Waals surface area contributed by atoms with Crippen LogP contribution in [0.1, 0.15) is 53.4 Å².